The minimum Gasteiger partial charge on any atom is -0.481 e. The van der Waals surface area contributed by atoms with E-state index in [1.54, 1.807) is 0 Å². The minimum atomic E-state index is -5.50. The number of alkyl halides is 4. The fourth-order valence-corrected chi connectivity index (χ4v) is 0.428. The van der Waals surface area contributed by atoms with Crippen molar-refractivity contribution in [3.63, 3.8) is 0 Å². The van der Waals surface area contributed by atoms with Crippen LogP contribution in [0.15, 0.2) is 0 Å². The van der Waals surface area contributed by atoms with Crippen molar-refractivity contribution < 1.29 is 37.4 Å². The van der Waals surface area contributed by atoms with Crippen molar-refractivity contribution in [2.45, 2.75) is 20.3 Å². The second-order valence-electron chi connectivity index (χ2n) is 2.68. The van der Waals surface area contributed by atoms with Gasteiger partial charge in [0.2, 0.25) is 0 Å². The van der Waals surface area contributed by atoms with E-state index >= 15 is 0 Å². The predicted octanol–water partition coefficient (Wildman–Crippen LogP) is 1.90. The molecule has 2 N–H and O–H groups in total. The summed E-state index contributed by atoms with van der Waals surface area (Å²) in [5.41, 5.74) is 0. The number of carbonyl (C=O) groups is 2. The molecule has 0 aromatic carbocycles. The summed E-state index contributed by atoms with van der Waals surface area (Å²) < 4.78 is 38.8. The first kappa shape index (κ1) is 16.1. The topological polar surface area (TPSA) is 74.6 Å². The summed E-state index contributed by atoms with van der Waals surface area (Å²) in [4.78, 5) is 20.4. The van der Waals surface area contributed by atoms with E-state index in [2.05, 4.69) is 0 Å². The Morgan fingerprint density at radius 1 is 0.933 bits per heavy atom. The second-order valence-corrected chi connectivity index (χ2v) is 2.68. The third-order valence-electron chi connectivity index (χ3n) is 1.53. The van der Waals surface area contributed by atoms with Crippen LogP contribution in [-0.4, -0.2) is 28.6 Å². The normalized spacial score (nSPS) is 14.5. The molecular weight excluding hydrogens is 224 g/mol. The molecule has 0 heterocycles. The quantitative estimate of drug-likeness (QED) is 0.731. The van der Waals surface area contributed by atoms with Crippen molar-refractivity contribution in [2.75, 3.05) is 0 Å². The molecule has 0 amide bonds. The van der Waals surface area contributed by atoms with Gasteiger partial charge in [-0.2, -0.15) is 0 Å². The Kier molecular flexibility index (Phi) is 6.66. The Morgan fingerprint density at radius 3 is 1.13 bits per heavy atom. The average molecular weight is 234 g/mol. The molecule has 15 heavy (non-hydrogen) atoms. The lowest BCUT2D eigenvalue weighted by Crippen LogP contribution is -2.24. The maximum Gasteiger partial charge on any atom is 0.559 e. The van der Waals surface area contributed by atoms with Gasteiger partial charge in [-0.15, -0.1) is 17.6 Å². The highest BCUT2D eigenvalue weighted by molar-refractivity contribution is 5.79. The maximum atomic E-state index is 10.2. The van der Waals surface area contributed by atoms with Gasteiger partial charge in [0.15, 0.2) is 0 Å². The molecule has 0 saturated heterocycles. The monoisotopic (exact) mass is 234 g/mol. The van der Waals surface area contributed by atoms with Crippen LogP contribution in [0.4, 0.5) is 17.6 Å². The molecule has 0 spiro atoms. The Bertz CT molecular complexity index is 202. The molecule has 90 valence electrons. The van der Waals surface area contributed by atoms with Gasteiger partial charge in [-0.3, -0.25) is 9.59 Å². The van der Waals surface area contributed by atoms with Gasteiger partial charge in [-0.25, -0.2) is 0 Å². The van der Waals surface area contributed by atoms with E-state index in [4.69, 9.17) is 10.2 Å². The molecule has 0 rings (SSSR count). The van der Waals surface area contributed by atoms with E-state index in [0.29, 0.717) is 0 Å². The number of carboxylic acid groups (broad SMARTS) is 2. The molecule has 2 unspecified atom stereocenters. The fraction of sp³-hybridized carbons (Fsp3) is 0.714. The van der Waals surface area contributed by atoms with Crippen LogP contribution in [-0.2, 0) is 9.59 Å². The molecule has 0 radical (unpaired) electrons. The lowest BCUT2D eigenvalue weighted by Gasteiger charge is -2.09. The second kappa shape index (κ2) is 6.20. The van der Waals surface area contributed by atoms with Crippen LogP contribution in [0.5, 0.6) is 0 Å². The van der Waals surface area contributed by atoms with Crippen molar-refractivity contribution in [1.82, 2.24) is 0 Å². The summed E-state index contributed by atoms with van der Waals surface area (Å²) in [6.45, 7) is 2.75. The maximum absolute atomic E-state index is 10.2. The number of hydrogen-bond donors (Lipinski definition) is 2. The summed E-state index contributed by atoms with van der Waals surface area (Å²) in [7, 11) is 0. The van der Waals surface area contributed by atoms with Crippen LogP contribution in [0.1, 0.15) is 13.8 Å². The van der Waals surface area contributed by atoms with Crippen LogP contribution >= 0.6 is 0 Å². The fourth-order valence-electron chi connectivity index (χ4n) is 0.428. The van der Waals surface area contributed by atoms with Gasteiger partial charge in [0.1, 0.15) is 0 Å². The first-order chi connectivity index (χ1) is 6.46. The zero-order valence-electron chi connectivity index (χ0n) is 7.88. The molecule has 0 aliphatic rings. The largest absolute Gasteiger partial charge is 0.559 e. The molecule has 8 heteroatoms. The summed E-state index contributed by atoms with van der Waals surface area (Å²) in [5.74, 6) is -3.79. The van der Waals surface area contributed by atoms with E-state index in [1.165, 1.54) is 13.8 Å². The summed E-state index contributed by atoms with van der Waals surface area (Å²) >= 11 is 0. The van der Waals surface area contributed by atoms with Crippen LogP contribution in [0, 0.1) is 11.8 Å². The van der Waals surface area contributed by atoms with Crippen LogP contribution in [0.3, 0.4) is 0 Å². The first-order valence-electron chi connectivity index (χ1n) is 3.68. The molecule has 0 aliphatic heterocycles. The summed E-state index contributed by atoms with van der Waals surface area (Å²) in [6, 6.07) is 0. The van der Waals surface area contributed by atoms with Crippen LogP contribution in [0.2, 0.25) is 0 Å². The molecule has 0 aliphatic carbocycles. The zero-order valence-corrected chi connectivity index (χ0v) is 7.88. The Balaban J connectivity index is 0. The molecule has 0 fully saturated rings. The minimum absolute atomic E-state index is 0.822. The zero-order chi connectivity index (χ0) is 12.8. The molecule has 2 atom stereocenters. The van der Waals surface area contributed by atoms with E-state index in [9.17, 15) is 27.2 Å². The van der Waals surface area contributed by atoms with Gasteiger partial charge in [-0.1, -0.05) is 13.8 Å². The predicted molar refractivity (Wildman–Crippen MR) is 40.8 cm³/mol. The number of carboxylic acids is 2. The Morgan fingerprint density at radius 2 is 1.07 bits per heavy atom. The SMILES string of the molecule is CC(C(=O)O)C(C)C(=O)O.FC(F)(F)F. The lowest BCUT2D eigenvalue weighted by atomic mass is 9.97. The Hall–Kier alpha value is -1.34. The number of hydrogen-bond acceptors (Lipinski definition) is 2. The number of aliphatic carboxylic acids is 2. The first-order valence-corrected chi connectivity index (χ1v) is 3.68. The van der Waals surface area contributed by atoms with Gasteiger partial charge in [0.25, 0.3) is 0 Å². The lowest BCUT2D eigenvalue weighted by molar-refractivity contribution is -0.237. The van der Waals surface area contributed by atoms with Crippen LogP contribution < -0.4 is 0 Å². The molecule has 0 aromatic heterocycles. The number of rotatable bonds is 3. The Labute approximate surface area is 82.5 Å². The third-order valence-corrected chi connectivity index (χ3v) is 1.53. The van der Waals surface area contributed by atoms with Crippen molar-refractivity contribution in [3.05, 3.63) is 0 Å². The standard InChI is InChI=1S/C6H10O4.CF4/c1-3(5(7)8)4(2)6(9)10;2-1(3,4)5/h3-4H,1-2H3,(H,7,8)(H,9,10);. The highest BCUT2D eigenvalue weighted by Gasteiger charge is 2.25. The molecule has 4 nitrogen and oxygen atoms in total. The average Bonchev–Trinajstić information content (AvgIpc) is 1.98. The van der Waals surface area contributed by atoms with Gasteiger partial charge in [-0.05, 0) is 0 Å². The molecular formula is C7H10F4O4. The van der Waals surface area contributed by atoms with Gasteiger partial charge < -0.3 is 10.2 Å². The van der Waals surface area contributed by atoms with E-state index in [-0.39, 0.29) is 0 Å². The van der Waals surface area contributed by atoms with Gasteiger partial charge in [0, 0.05) is 0 Å². The summed E-state index contributed by atoms with van der Waals surface area (Å²) in [6.07, 6.45) is -5.50. The molecule has 0 bridgehead atoms. The van der Waals surface area contributed by atoms with Crippen molar-refractivity contribution in [1.29, 1.82) is 0 Å². The van der Waals surface area contributed by atoms with Crippen molar-refractivity contribution in [2.24, 2.45) is 11.8 Å². The van der Waals surface area contributed by atoms with Gasteiger partial charge >= 0.3 is 18.4 Å². The van der Waals surface area contributed by atoms with E-state index < -0.39 is 30.2 Å². The van der Waals surface area contributed by atoms with Crippen molar-refractivity contribution in [3.8, 4) is 0 Å². The highest BCUT2D eigenvalue weighted by atomic mass is 19.5. The van der Waals surface area contributed by atoms with E-state index in [1.807, 2.05) is 0 Å². The molecule has 0 aromatic rings. The van der Waals surface area contributed by atoms with Crippen molar-refractivity contribution >= 4 is 11.9 Å². The summed E-state index contributed by atoms with van der Waals surface area (Å²) in [5, 5.41) is 16.7. The van der Waals surface area contributed by atoms with Gasteiger partial charge in [0.05, 0.1) is 11.8 Å². The number of halogens is 4. The smallest absolute Gasteiger partial charge is 0.481 e. The van der Waals surface area contributed by atoms with E-state index in [0.717, 1.165) is 0 Å². The highest BCUT2D eigenvalue weighted by Crippen LogP contribution is 2.13. The van der Waals surface area contributed by atoms with Crippen LogP contribution in [0.25, 0.3) is 0 Å². The third kappa shape index (κ3) is 12.7. The molecule has 0 saturated carbocycles.